The molecule has 31 heavy (non-hydrogen) atoms. The summed E-state index contributed by atoms with van der Waals surface area (Å²) in [4.78, 5) is 2.44. The molecule has 0 radical (unpaired) electrons. The quantitative estimate of drug-likeness (QED) is 0.465. The van der Waals surface area contributed by atoms with E-state index in [1.807, 2.05) is 25.1 Å². The van der Waals surface area contributed by atoms with Gasteiger partial charge in [0, 0.05) is 25.6 Å². The van der Waals surface area contributed by atoms with Gasteiger partial charge in [0.15, 0.2) is 0 Å². The predicted molar refractivity (Wildman–Crippen MR) is 127 cm³/mol. The summed E-state index contributed by atoms with van der Waals surface area (Å²) in [6.07, 6.45) is 5.32. The zero-order chi connectivity index (χ0) is 21.9. The summed E-state index contributed by atoms with van der Waals surface area (Å²) in [6, 6.07) is 18.6. The third-order valence-corrected chi connectivity index (χ3v) is 6.40. The van der Waals surface area contributed by atoms with Crippen molar-refractivity contribution in [2.45, 2.75) is 57.5 Å². The molecule has 1 saturated heterocycles. The van der Waals surface area contributed by atoms with Crippen LogP contribution in [0.25, 0.3) is 0 Å². The van der Waals surface area contributed by atoms with E-state index in [1.165, 1.54) is 18.4 Å². The van der Waals surface area contributed by atoms with E-state index in [2.05, 4.69) is 48.2 Å². The summed E-state index contributed by atoms with van der Waals surface area (Å²) in [5.41, 5.74) is 1.24. The van der Waals surface area contributed by atoms with E-state index in [-0.39, 0.29) is 5.92 Å². The zero-order valence-electron chi connectivity index (χ0n) is 19.3. The molecule has 0 amide bonds. The monoisotopic (exact) mass is 425 g/mol. The van der Waals surface area contributed by atoms with Crippen molar-refractivity contribution in [3.8, 4) is 5.75 Å². The van der Waals surface area contributed by atoms with E-state index >= 15 is 0 Å². The number of aliphatic hydroxyl groups is 1. The Hall–Kier alpha value is -1.88. The maximum Gasteiger partial charge on any atom is 0.119 e. The smallest absolute Gasteiger partial charge is 0.119 e. The second kappa shape index (κ2) is 12.2. The molecule has 1 N–H and O–H groups in total. The van der Waals surface area contributed by atoms with Crippen LogP contribution in [0.15, 0.2) is 54.6 Å². The molecule has 0 unspecified atom stereocenters. The van der Waals surface area contributed by atoms with Crippen molar-refractivity contribution in [1.82, 2.24) is 4.90 Å². The molecule has 2 aromatic carbocycles. The highest BCUT2D eigenvalue weighted by Gasteiger charge is 2.40. The molecule has 3 rings (SSSR count). The van der Waals surface area contributed by atoms with Gasteiger partial charge in [-0.1, -0.05) is 75.1 Å². The fourth-order valence-corrected chi connectivity index (χ4v) is 4.61. The van der Waals surface area contributed by atoms with E-state index in [4.69, 9.17) is 9.47 Å². The Bertz CT molecular complexity index is 743. The average Bonchev–Trinajstić information content (AvgIpc) is 2.82. The van der Waals surface area contributed by atoms with Crippen molar-refractivity contribution < 1.29 is 14.6 Å². The minimum atomic E-state index is -0.932. The van der Waals surface area contributed by atoms with Gasteiger partial charge < -0.3 is 14.6 Å². The maximum absolute atomic E-state index is 12.3. The Balaban J connectivity index is 1.94. The topological polar surface area (TPSA) is 41.9 Å². The van der Waals surface area contributed by atoms with E-state index in [1.54, 1.807) is 0 Å². The molecule has 0 aliphatic carbocycles. The Morgan fingerprint density at radius 2 is 1.68 bits per heavy atom. The van der Waals surface area contributed by atoms with Gasteiger partial charge in [0.05, 0.1) is 25.4 Å². The standard InChI is InChI=1S/C27H39NO3/c1-3-5-6-10-17-27(29,24-13-15-25(16-14-24)31-4-2)26(23-11-8-7-9-12-23)22-28-18-20-30-21-19-28/h7-9,11-16,26,29H,3-6,10,17-22H2,1-2H3/t26-,27+/m0/s1. The number of benzene rings is 2. The molecule has 0 aromatic heterocycles. The SMILES string of the molecule is CCCCCC[C@@](O)(c1ccc(OCC)cc1)[C@@H](CN1CCOCC1)c1ccccc1. The second-order valence-corrected chi connectivity index (χ2v) is 8.57. The van der Waals surface area contributed by atoms with Crippen LogP contribution in [0.4, 0.5) is 0 Å². The summed E-state index contributed by atoms with van der Waals surface area (Å²) in [5, 5.41) is 12.3. The molecule has 1 aliphatic rings. The summed E-state index contributed by atoms with van der Waals surface area (Å²) in [7, 11) is 0. The highest BCUT2D eigenvalue weighted by molar-refractivity contribution is 5.35. The second-order valence-electron chi connectivity index (χ2n) is 8.57. The Labute approximate surface area is 188 Å². The summed E-state index contributed by atoms with van der Waals surface area (Å²) < 4.78 is 11.2. The molecule has 0 spiro atoms. The van der Waals surface area contributed by atoms with Crippen molar-refractivity contribution in [1.29, 1.82) is 0 Å². The lowest BCUT2D eigenvalue weighted by Gasteiger charge is -2.41. The molecular weight excluding hydrogens is 386 g/mol. The fourth-order valence-electron chi connectivity index (χ4n) is 4.61. The molecule has 1 heterocycles. The van der Waals surface area contributed by atoms with E-state index in [9.17, 15) is 5.11 Å². The van der Waals surface area contributed by atoms with Crippen LogP contribution >= 0.6 is 0 Å². The first kappa shape index (κ1) is 23.8. The first-order valence-corrected chi connectivity index (χ1v) is 12.0. The van der Waals surface area contributed by atoms with Crippen LogP contribution in [0.2, 0.25) is 0 Å². The van der Waals surface area contributed by atoms with E-state index in [0.29, 0.717) is 6.61 Å². The van der Waals surface area contributed by atoms with Gasteiger partial charge in [-0.2, -0.15) is 0 Å². The number of hydrogen-bond acceptors (Lipinski definition) is 4. The van der Waals surface area contributed by atoms with Gasteiger partial charge in [-0.3, -0.25) is 4.90 Å². The Morgan fingerprint density at radius 3 is 2.32 bits per heavy atom. The number of ether oxygens (including phenoxy) is 2. The van der Waals surface area contributed by atoms with Gasteiger partial charge >= 0.3 is 0 Å². The Kier molecular flexibility index (Phi) is 9.38. The molecule has 1 aliphatic heterocycles. The van der Waals surface area contributed by atoms with Gasteiger partial charge in [-0.15, -0.1) is 0 Å². The fraction of sp³-hybridized carbons (Fsp3) is 0.556. The lowest BCUT2D eigenvalue weighted by Crippen LogP contribution is -2.45. The third-order valence-electron chi connectivity index (χ3n) is 6.40. The lowest BCUT2D eigenvalue weighted by atomic mass is 9.74. The first-order valence-electron chi connectivity index (χ1n) is 12.0. The molecule has 0 saturated carbocycles. The lowest BCUT2D eigenvalue weighted by molar-refractivity contribution is -0.0296. The van der Waals surface area contributed by atoms with Crippen LogP contribution < -0.4 is 4.74 Å². The van der Waals surface area contributed by atoms with Gasteiger partial charge in [0.25, 0.3) is 0 Å². The van der Waals surface area contributed by atoms with Crippen LogP contribution in [0.3, 0.4) is 0 Å². The number of rotatable bonds is 12. The van der Waals surface area contributed by atoms with Gasteiger partial charge in [0.2, 0.25) is 0 Å². The molecule has 4 nitrogen and oxygen atoms in total. The largest absolute Gasteiger partial charge is 0.494 e. The summed E-state index contributed by atoms with van der Waals surface area (Å²) in [5.74, 6) is 0.843. The van der Waals surface area contributed by atoms with Crippen molar-refractivity contribution in [2.24, 2.45) is 0 Å². The highest BCUT2D eigenvalue weighted by Crippen LogP contribution is 2.42. The molecule has 0 bridgehead atoms. The van der Waals surface area contributed by atoms with Crippen LogP contribution in [0, 0.1) is 0 Å². The van der Waals surface area contributed by atoms with Gasteiger partial charge in [0.1, 0.15) is 5.75 Å². The third kappa shape index (κ3) is 6.55. The predicted octanol–water partition coefficient (Wildman–Crippen LogP) is 5.36. The number of morpholine rings is 1. The van der Waals surface area contributed by atoms with Gasteiger partial charge in [-0.05, 0) is 36.6 Å². The number of nitrogens with zero attached hydrogens (tertiary/aromatic N) is 1. The zero-order valence-corrected chi connectivity index (χ0v) is 19.3. The van der Waals surface area contributed by atoms with E-state index < -0.39 is 5.60 Å². The highest BCUT2D eigenvalue weighted by atomic mass is 16.5. The first-order chi connectivity index (χ1) is 15.2. The molecule has 170 valence electrons. The van der Waals surface area contributed by atoms with Crippen molar-refractivity contribution >= 4 is 0 Å². The van der Waals surface area contributed by atoms with Crippen LogP contribution in [-0.2, 0) is 10.3 Å². The molecule has 2 aromatic rings. The Morgan fingerprint density at radius 1 is 0.968 bits per heavy atom. The summed E-state index contributed by atoms with van der Waals surface area (Å²) >= 11 is 0. The van der Waals surface area contributed by atoms with Crippen LogP contribution in [0.1, 0.15) is 63.0 Å². The minimum Gasteiger partial charge on any atom is -0.494 e. The van der Waals surface area contributed by atoms with Crippen molar-refractivity contribution in [3.05, 3.63) is 65.7 Å². The molecule has 4 heteroatoms. The molecule has 2 atom stereocenters. The van der Waals surface area contributed by atoms with E-state index in [0.717, 1.165) is 63.4 Å². The minimum absolute atomic E-state index is 0.00799. The normalized spacial score (nSPS) is 17.8. The number of unbranched alkanes of at least 4 members (excludes halogenated alkanes) is 3. The summed E-state index contributed by atoms with van der Waals surface area (Å²) in [6.45, 7) is 9.04. The maximum atomic E-state index is 12.3. The number of hydrogen-bond donors (Lipinski definition) is 1. The molecular formula is C27H39NO3. The van der Waals surface area contributed by atoms with Crippen molar-refractivity contribution in [2.75, 3.05) is 39.5 Å². The van der Waals surface area contributed by atoms with Crippen LogP contribution in [-0.4, -0.2) is 49.5 Å². The average molecular weight is 426 g/mol. The molecule has 1 fully saturated rings. The van der Waals surface area contributed by atoms with Crippen molar-refractivity contribution in [3.63, 3.8) is 0 Å². The van der Waals surface area contributed by atoms with Gasteiger partial charge in [-0.25, -0.2) is 0 Å². The van der Waals surface area contributed by atoms with Crippen LogP contribution in [0.5, 0.6) is 5.75 Å².